The van der Waals surface area contributed by atoms with Crippen molar-refractivity contribution < 1.29 is 14.3 Å². The highest BCUT2D eigenvalue weighted by Gasteiger charge is 2.41. The highest BCUT2D eigenvalue weighted by atomic mass is 32.1. The molecule has 0 atom stereocenters. The van der Waals surface area contributed by atoms with Crippen LogP contribution in [0.15, 0.2) is 24.3 Å². The first kappa shape index (κ1) is 19.4. The first-order valence-electron chi connectivity index (χ1n) is 9.03. The number of carbonyl (C=O) groups excluding carboxylic acids is 2. The van der Waals surface area contributed by atoms with Crippen LogP contribution in [0.3, 0.4) is 0 Å². The summed E-state index contributed by atoms with van der Waals surface area (Å²) in [5.74, 6) is -0.226. The molecule has 0 radical (unpaired) electrons. The van der Waals surface area contributed by atoms with Crippen molar-refractivity contribution in [3.05, 3.63) is 46.0 Å². The van der Waals surface area contributed by atoms with Crippen molar-refractivity contribution in [3.8, 4) is 0 Å². The van der Waals surface area contributed by atoms with E-state index in [4.69, 9.17) is 4.74 Å². The van der Waals surface area contributed by atoms with Crippen LogP contribution in [0.25, 0.3) is 0 Å². The molecule has 1 aromatic heterocycles. The van der Waals surface area contributed by atoms with E-state index in [9.17, 15) is 9.59 Å². The summed E-state index contributed by atoms with van der Waals surface area (Å²) >= 11 is 1.07. The van der Waals surface area contributed by atoms with Gasteiger partial charge in [-0.3, -0.25) is 9.59 Å². The van der Waals surface area contributed by atoms with Crippen LogP contribution < -0.4 is 10.6 Å². The molecule has 1 aliphatic heterocycles. The molecule has 0 bridgehead atoms. The maximum Gasteiger partial charge on any atom is 0.265 e. The standard InChI is InChI=1S/C19H24N4O3S/c1-13-3-5-15(6-4-13)19(7-11-26-12-8-19)18(25)21-10-9-20-17(24)16-14(2)22-23-27-16/h3-6H,7-12H2,1-2H3,(H,20,24)(H,21,25). The highest BCUT2D eigenvalue weighted by molar-refractivity contribution is 7.07. The number of benzene rings is 1. The predicted molar refractivity (Wildman–Crippen MR) is 103 cm³/mol. The first-order valence-corrected chi connectivity index (χ1v) is 9.80. The predicted octanol–water partition coefficient (Wildman–Crippen LogP) is 1.75. The van der Waals surface area contributed by atoms with Gasteiger partial charge in [-0.1, -0.05) is 34.3 Å². The van der Waals surface area contributed by atoms with Crippen LogP contribution in [0, 0.1) is 13.8 Å². The van der Waals surface area contributed by atoms with Crippen LogP contribution in [-0.2, 0) is 14.9 Å². The number of ether oxygens (including phenoxy) is 1. The van der Waals surface area contributed by atoms with E-state index in [1.807, 2.05) is 31.2 Å². The fourth-order valence-corrected chi connectivity index (χ4v) is 3.85. The molecule has 2 amide bonds. The van der Waals surface area contributed by atoms with Gasteiger partial charge in [-0.05, 0) is 43.8 Å². The molecule has 8 heteroatoms. The van der Waals surface area contributed by atoms with Gasteiger partial charge in [0.1, 0.15) is 4.88 Å². The maximum absolute atomic E-state index is 13.0. The number of carbonyl (C=O) groups is 2. The average Bonchev–Trinajstić information content (AvgIpc) is 3.12. The third-order valence-corrected chi connectivity index (χ3v) is 5.77. The van der Waals surface area contributed by atoms with E-state index in [1.54, 1.807) is 6.92 Å². The van der Waals surface area contributed by atoms with Gasteiger partial charge in [-0.25, -0.2) is 0 Å². The number of amides is 2. The van der Waals surface area contributed by atoms with Gasteiger partial charge in [0.05, 0.1) is 11.1 Å². The monoisotopic (exact) mass is 388 g/mol. The van der Waals surface area contributed by atoms with E-state index in [0.29, 0.717) is 49.7 Å². The van der Waals surface area contributed by atoms with Crippen molar-refractivity contribution in [2.75, 3.05) is 26.3 Å². The number of hydrogen-bond acceptors (Lipinski definition) is 6. The number of rotatable bonds is 6. The Morgan fingerprint density at radius 3 is 2.41 bits per heavy atom. The summed E-state index contributed by atoms with van der Waals surface area (Å²) in [7, 11) is 0. The Morgan fingerprint density at radius 2 is 1.78 bits per heavy atom. The Labute approximate surface area is 162 Å². The van der Waals surface area contributed by atoms with Crippen molar-refractivity contribution >= 4 is 23.3 Å². The molecule has 0 saturated carbocycles. The molecule has 2 heterocycles. The summed E-state index contributed by atoms with van der Waals surface area (Å²) in [5, 5.41) is 9.61. The second-order valence-corrected chi connectivity index (χ2v) is 7.51. The molecule has 3 rings (SSSR count). The van der Waals surface area contributed by atoms with Gasteiger partial charge in [0.25, 0.3) is 5.91 Å². The SMILES string of the molecule is Cc1ccc(C2(C(=O)NCCNC(=O)c3snnc3C)CCOCC2)cc1. The molecule has 2 N–H and O–H groups in total. The molecule has 0 unspecified atom stereocenters. The Balaban J connectivity index is 1.59. The Bertz CT molecular complexity index is 798. The van der Waals surface area contributed by atoms with E-state index in [2.05, 4.69) is 20.2 Å². The molecule has 2 aromatic rings. The minimum atomic E-state index is -0.575. The molecule has 144 valence electrons. The average molecular weight is 388 g/mol. The van der Waals surface area contributed by atoms with E-state index >= 15 is 0 Å². The van der Waals surface area contributed by atoms with Gasteiger partial charge in [0.2, 0.25) is 5.91 Å². The largest absolute Gasteiger partial charge is 0.381 e. The van der Waals surface area contributed by atoms with Gasteiger partial charge < -0.3 is 15.4 Å². The lowest BCUT2D eigenvalue weighted by atomic mass is 9.73. The fourth-order valence-electron chi connectivity index (χ4n) is 3.28. The quantitative estimate of drug-likeness (QED) is 0.736. The molecule has 1 saturated heterocycles. The van der Waals surface area contributed by atoms with E-state index < -0.39 is 5.41 Å². The lowest BCUT2D eigenvalue weighted by Gasteiger charge is -2.36. The molecule has 0 spiro atoms. The lowest BCUT2D eigenvalue weighted by Crippen LogP contribution is -2.49. The number of aryl methyl sites for hydroxylation is 2. The summed E-state index contributed by atoms with van der Waals surface area (Å²) in [6, 6.07) is 8.13. The topological polar surface area (TPSA) is 93.2 Å². The van der Waals surface area contributed by atoms with Crippen molar-refractivity contribution in [2.45, 2.75) is 32.1 Å². The Hall–Kier alpha value is -2.32. The minimum Gasteiger partial charge on any atom is -0.381 e. The van der Waals surface area contributed by atoms with Gasteiger partial charge in [0, 0.05) is 26.3 Å². The third-order valence-electron chi connectivity index (χ3n) is 4.94. The first-order chi connectivity index (χ1) is 13.0. The summed E-state index contributed by atoms with van der Waals surface area (Å²) in [5.41, 5.74) is 2.22. The summed E-state index contributed by atoms with van der Waals surface area (Å²) in [6.45, 7) is 5.62. The number of hydrogen-bond donors (Lipinski definition) is 2. The molecule has 7 nitrogen and oxygen atoms in total. The van der Waals surface area contributed by atoms with Crippen molar-refractivity contribution in [1.82, 2.24) is 20.2 Å². The highest BCUT2D eigenvalue weighted by Crippen LogP contribution is 2.35. The number of aromatic nitrogens is 2. The second-order valence-electron chi connectivity index (χ2n) is 6.76. The van der Waals surface area contributed by atoms with Gasteiger partial charge in [-0.2, -0.15) is 0 Å². The number of nitrogens with zero attached hydrogens (tertiary/aromatic N) is 2. The van der Waals surface area contributed by atoms with Crippen LogP contribution >= 0.6 is 11.5 Å². The third kappa shape index (κ3) is 4.33. The van der Waals surface area contributed by atoms with Crippen LogP contribution in [0.2, 0.25) is 0 Å². The normalized spacial score (nSPS) is 15.9. The summed E-state index contributed by atoms with van der Waals surface area (Å²) in [6.07, 6.45) is 1.31. The van der Waals surface area contributed by atoms with Crippen molar-refractivity contribution in [2.24, 2.45) is 0 Å². The van der Waals surface area contributed by atoms with E-state index in [0.717, 1.165) is 22.7 Å². The molecular formula is C19H24N4O3S. The van der Waals surface area contributed by atoms with Crippen molar-refractivity contribution in [3.63, 3.8) is 0 Å². The zero-order valence-corrected chi connectivity index (χ0v) is 16.4. The summed E-state index contributed by atoms with van der Waals surface area (Å²) < 4.78 is 9.24. The molecule has 1 fully saturated rings. The lowest BCUT2D eigenvalue weighted by molar-refractivity contribution is -0.130. The molecule has 27 heavy (non-hydrogen) atoms. The maximum atomic E-state index is 13.0. The van der Waals surface area contributed by atoms with Crippen LogP contribution in [0.5, 0.6) is 0 Å². The zero-order valence-electron chi connectivity index (χ0n) is 15.6. The summed E-state index contributed by atoms with van der Waals surface area (Å²) in [4.78, 5) is 25.6. The molecule has 1 aliphatic rings. The van der Waals surface area contributed by atoms with Crippen LogP contribution in [0.1, 0.15) is 39.3 Å². The molecule has 1 aromatic carbocycles. The zero-order chi connectivity index (χ0) is 19.3. The molecular weight excluding hydrogens is 364 g/mol. The van der Waals surface area contributed by atoms with Crippen molar-refractivity contribution in [1.29, 1.82) is 0 Å². The van der Waals surface area contributed by atoms with E-state index in [-0.39, 0.29) is 11.8 Å². The van der Waals surface area contributed by atoms with Gasteiger partial charge in [0.15, 0.2) is 0 Å². The van der Waals surface area contributed by atoms with Crippen LogP contribution in [-0.4, -0.2) is 47.7 Å². The fraction of sp³-hybridized carbons (Fsp3) is 0.474. The minimum absolute atomic E-state index is 0.0143. The van der Waals surface area contributed by atoms with Crippen LogP contribution in [0.4, 0.5) is 0 Å². The smallest absolute Gasteiger partial charge is 0.265 e. The number of nitrogens with one attached hydrogen (secondary N) is 2. The second kappa shape index (κ2) is 8.58. The molecule has 0 aliphatic carbocycles. The Kier molecular flexibility index (Phi) is 6.18. The van der Waals surface area contributed by atoms with Gasteiger partial charge >= 0.3 is 0 Å². The Morgan fingerprint density at radius 1 is 1.11 bits per heavy atom. The van der Waals surface area contributed by atoms with Gasteiger partial charge in [-0.15, -0.1) is 5.10 Å². The van der Waals surface area contributed by atoms with E-state index in [1.165, 1.54) is 0 Å².